The van der Waals surface area contributed by atoms with Crippen molar-refractivity contribution in [2.75, 3.05) is 5.32 Å². The molecule has 0 aliphatic carbocycles. The van der Waals surface area contributed by atoms with Crippen LogP contribution in [0.15, 0.2) is 152 Å². The van der Waals surface area contributed by atoms with Crippen LogP contribution in [0.3, 0.4) is 0 Å². The van der Waals surface area contributed by atoms with Crippen molar-refractivity contribution in [3.05, 3.63) is 157 Å². The quantitative estimate of drug-likeness (QED) is 0.242. The first-order chi connectivity index (χ1) is 19.7. The smallest absolute Gasteiger partial charge is 0.0464 e. The van der Waals surface area contributed by atoms with E-state index in [4.69, 9.17) is 0 Å². The zero-order valence-electron chi connectivity index (χ0n) is 22.4. The van der Waals surface area contributed by atoms with Crippen molar-refractivity contribution in [1.29, 1.82) is 0 Å². The maximum atomic E-state index is 3.74. The van der Waals surface area contributed by atoms with E-state index >= 15 is 0 Å². The summed E-state index contributed by atoms with van der Waals surface area (Å²) in [6.45, 7) is 2.19. The van der Waals surface area contributed by atoms with Gasteiger partial charge in [0.1, 0.15) is 0 Å². The van der Waals surface area contributed by atoms with Crippen molar-refractivity contribution in [2.45, 2.75) is 6.92 Å². The molecule has 0 spiro atoms. The van der Waals surface area contributed by atoms with Gasteiger partial charge >= 0.3 is 0 Å². The van der Waals surface area contributed by atoms with Gasteiger partial charge in [-0.05, 0) is 74.7 Å². The van der Waals surface area contributed by atoms with Crippen LogP contribution in [0.1, 0.15) is 5.56 Å². The number of anilines is 2. The molecule has 0 radical (unpaired) electrons. The summed E-state index contributed by atoms with van der Waals surface area (Å²) in [5.41, 5.74) is 10.8. The summed E-state index contributed by atoms with van der Waals surface area (Å²) < 4.78 is 0. The topological polar surface area (TPSA) is 12.0 Å². The molecule has 0 atom stereocenters. The fraction of sp³-hybridized carbons (Fsp3) is 0.0256. The predicted octanol–water partition coefficient (Wildman–Crippen LogP) is 11.0. The molecule has 7 aromatic carbocycles. The van der Waals surface area contributed by atoms with E-state index in [-0.39, 0.29) is 0 Å². The third-order valence-electron chi connectivity index (χ3n) is 7.83. The maximum absolute atomic E-state index is 3.74. The Labute approximate surface area is 235 Å². The number of hydrogen-bond acceptors (Lipinski definition) is 1. The molecule has 0 unspecified atom stereocenters. The van der Waals surface area contributed by atoms with E-state index in [1.807, 2.05) is 0 Å². The van der Waals surface area contributed by atoms with E-state index in [9.17, 15) is 0 Å². The van der Waals surface area contributed by atoms with E-state index in [1.165, 1.54) is 60.5 Å². The highest BCUT2D eigenvalue weighted by atomic mass is 14.9. The first-order valence-corrected chi connectivity index (χ1v) is 13.8. The summed E-state index contributed by atoms with van der Waals surface area (Å²) >= 11 is 0. The molecule has 0 amide bonds. The molecule has 1 N–H and O–H groups in total. The lowest BCUT2D eigenvalue weighted by Gasteiger charge is -2.17. The summed E-state index contributed by atoms with van der Waals surface area (Å²) in [5.74, 6) is 0. The van der Waals surface area contributed by atoms with Crippen molar-refractivity contribution in [3.63, 3.8) is 0 Å². The van der Waals surface area contributed by atoms with Crippen LogP contribution >= 0.6 is 0 Å². The van der Waals surface area contributed by atoms with E-state index in [1.54, 1.807) is 0 Å². The molecule has 7 rings (SSSR count). The van der Waals surface area contributed by atoms with Crippen LogP contribution in [0.4, 0.5) is 11.4 Å². The summed E-state index contributed by atoms with van der Waals surface area (Å²) in [6.07, 6.45) is 0. The average molecular weight is 512 g/mol. The van der Waals surface area contributed by atoms with Gasteiger partial charge in [0.15, 0.2) is 0 Å². The Morgan fingerprint density at radius 3 is 1.75 bits per heavy atom. The second-order valence-corrected chi connectivity index (χ2v) is 10.3. The number of fused-ring (bicyclic) bond motifs is 2. The lowest BCUT2D eigenvalue weighted by Crippen LogP contribution is -1.95. The number of nitrogens with one attached hydrogen (secondary N) is 1. The minimum atomic E-state index is 1.10. The molecule has 0 heterocycles. The molecule has 0 aliphatic heterocycles. The molecule has 0 saturated carbocycles. The van der Waals surface area contributed by atoms with Gasteiger partial charge in [0.25, 0.3) is 0 Å². The van der Waals surface area contributed by atoms with Crippen LogP contribution in [0.25, 0.3) is 54.9 Å². The molecule has 1 heteroatoms. The lowest BCUT2D eigenvalue weighted by atomic mass is 9.92. The fourth-order valence-electron chi connectivity index (χ4n) is 5.72. The van der Waals surface area contributed by atoms with Gasteiger partial charge in [0.05, 0.1) is 0 Å². The zero-order valence-corrected chi connectivity index (χ0v) is 22.4. The van der Waals surface area contributed by atoms with Gasteiger partial charge in [-0.15, -0.1) is 0 Å². The van der Waals surface area contributed by atoms with Gasteiger partial charge in [-0.1, -0.05) is 133 Å². The molecule has 0 aliphatic rings. The van der Waals surface area contributed by atoms with Crippen molar-refractivity contribution in [2.24, 2.45) is 0 Å². The third kappa shape index (κ3) is 4.42. The molecule has 1 nitrogen and oxygen atoms in total. The van der Waals surface area contributed by atoms with Crippen molar-refractivity contribution >= 4 is 32.9 Å². The van der Waals surface area contributed by atoms with E-state index in [2.05, 4.69) is 164 Å². The Hall–Kier alpha value is -5.14. The molecule has 40 heavy (non-hydrogen) atoms. The number of para-hydroxylation sites is 1. The molecular weight excluding hydrogens is 482 g/mol. The maximum Gasteiger partial charge on any atom is 0.0464 e. The van der Waals surface area contributed by atoms with Crippen LogP contribution in [0.2, 0.25) is 0 Å². The molecule has 0 saturated heterocycles. The normalized spacial score (nSPS) is 11.1. The van der Waals surface area contributed by atoms with E-state index in [0.717, 1.165) is 11.4 Å². The first-order valence-electron chi connectivity index (χ1n) is 13.8. The second-order valence-electron chi connectivity index (χ2n) is 10.3. The molecule has 0 bridgehead atoms. The van der Waals surface area contributed by atoms with Gasteiger partial charge in [-0.2, -0.15) is 0 Å². The van der Waals surface area contributed by atoms with E-state index < -0.39 is 0 Å². The van der Waals surface area contributed by atoms with Gasteiger partial charge in [0.2, 0.25) is 0 Å². The number of benzene rings is 7. The largest absolute Gasteiger partial charge is 0.355 e. The summed E-state index contributed by atoms with van der Waals surface area (Å²) in [5, 5.41) is 8.74. The van der Waals surface area contributed by atoms with Crippen molar-refractivity contribution in [3.8, 4) is 33.4 Å². The molecule has 7 aromatic rings. The number of rotatable bonds is 5. The summed E-state index contributed by atoms with van der Waals surface area (Å²) in [4.78, 5) is 0. The monoisotopic (exact) mass is 511 g/mol. The summed E-state index contributed by atoms with van der Waals surface area (Å²) in [6, 6.07) is 54.4. The highest BCUT2D eigenvalue weighted by molar-refractivity contribution is 5.98. The first kappa shape index (κ1) is 23.9. The van der Waals surface area contributed by atoms with Gasteiger partial charge in [0, 0.05) is 22.3 Å². The van der Waals surface area contributed by atoms with Crippen LogP contribution in [-0.2, 0) is 0 Å². The third-order valence-corrected chi connectivity index (χ3v) is 7.83. The van der Waals surface area contributed by atoms with Crippen LogP contribution in [0, 0.1) is 6.92 Å². The lowest BCUT2D eigenvalue weighted by molar-refractivity contribution is 1.45. The second kappa shape index (κ2) is 10.2. The molecular formula is C39H29N. The Morgan fingerprint density at radius 2 is 0.925 bits per heavy atom. The Balaban J connectivity index is 1.25. The van der Waals surface area contributed by atoms with Crippen LogP contribution in [0.5, 0.6) is 0 Å². The molecule has 0 fully saturated rings. The van der Waals surface area contributed by atoms with Crippen molar-refractivity contribution < 1.29 is 0 Å². The average Bonchev–Trinajstić information content (AvgIpc) is 3.02. The highest BCUT2D eigenvalue weighted by Gasteiger charge is 2.11. The SMILES string of the molecule is Cc1ccc(-c2ccc(-c3cccc4ccccc34)cc2)cc1-c1ccccc1Nc1cccc2ccccc12. The van der Waals surface area contributed by atoms with Gasteiger partial charge in [-0.3, -0.25) is 0 Å². The Morgan fingerprint density at radius 1 is 0.375 bits per heavy atom. The predicted molar refractivity (Wildman–Crippen MR) is 172 cm³/mol. The van der Waals surface area contributed by atoms with Crippen LogP contribution < -0.4 is 5.32 Å². The Bertz CT molecular complexity index is 1970. The standard InChI is InChI=1S/C39H29N/c1-27-20-21-32(28-22-24-31(25-23-28)34-17-8-12-29-10-2-4-14-33(29)34)26-37(27)36-16-6-7-18-39(36)40-38-19-9-13-30-11-3-5-15-35(30)38/h2-26,40H,1H3. The molecule has 190 valence electrons. The highest BCUT2D eigenvalue weighted by Crippen LogP contribution is 2.37. The minimum absolute atomic E-state index is 1.10. The number of aryl methyl sites for hydroxylation is 1. The van der Waals surface area contributed by atoms with Crippen molar-refractivity contribution in [1.82, 2.24) is 0 Å². The minimum Gasteiger partial charge on any atom is -0.355 e. The summed E-state index contributed by atoms with van der Waals surface area (Å²) in [7, 11) is 0. The Kier molecular flexibility index (Phi) is 6.11. The van der Waals surface area contributed by atoms with Gasteiger partial charge < -0.3 is 5.32 Å². The number of hydrogen-bond donors (Lipinski definition) is 1. The molecule has 0 aromatic heterocycles. The fourth-order valence-corrected chi connectivity index (χ4v) is 5.72. The van der Waals surface area contributed by atoms with Crippen LogP contribution in [-0.4, -0.2) is 0 Å². The van der Waals surface area contributed by atoms with Gasteiger partial charge in [-0.25, -0.2) is 0 Å². The van der Waals surface area contributed by atoms with E-state index in [0.29, 0.717) is 0 Å². The zero-order chi connectivity index (χ0) is 26.9.